The fraction of sp³-hybridized carbons (Fsp3) is 0.727. The van der Waals surface area contributed by atoms with Crippen molar-refractivity contribution >= 4 is 0 Å². The molecule has 1 aromatic carbocycles. The quantitative estimate of drug-likeness (QED) is 0.785. The van der Waals surface area contributed by atoms with Crippen LogP contribution in [0.25, 0.3) is 0 Å². The number of benzene rings is 1. The topological polar surface area (TPSA) is 51.2 Å². The van der Waals surface area contributed by atoms with E-state index < -0.39 is 5.79 Å². The number of aliphatic hydroxyl groups is 1. The van der Waals surface area contributed by atoms with E-state index in [0.717, 1.165) is 32.1 Å². The highest BCUT2D eigenvalue weighted by molar-refractivity contribution is 5.14. The second-order valence-electron chi connectivity index (χ2n) is 8.60. The molecule has 0 amide bonds. The minimum atomic E-state index is -0.623. The van der Waals surface area contributed by atoms with E-state index >= 15 is 0 Å². The van der Waals surface area contributed by atoms with Crippen molar-refractivity contribution in [3.05, 3.63) is 35.9 Å². The lowest BCUT2D eigenvalue weighted by Crippen LogP contribution is -2.67. The van der Waals surface area contributed by atoms with E-state index in [1.807, 2.05) is 6.07 Å². The Balaban J connectivity index is 1.76. The van der Waals surface area contributed by atoms with Gasteiger partial charge in [0.15, 0.2) is 5.79 Å². The number of aliphatic hydroxyl groups excluding tert-OH is 1. The van der Waals surface area contributed by atoms with Crippen LogP contribution in [0.4, 0.5) is 0 Å². The predicted octanol–water partition coefficient (Wildman–Crippen LogP) is 3.70. The highest BCUT2D eigenvalue weighted by Crippen LogP contribution is 2.51. The third kappa shape index (κ3) is 4.22. The Hall–Kier alpha value is -0.980. The Kier molecular flexibility index (Phi) is 6.28. The molecule has 0 aromatic heterocycles. The molecular formula is C22H35NO4. The minimum absolute atomic E-state index is 0.00468. The molecule has 27 heavy (non-hydrogen) atoms. The number of hydrogen-bond donors (Lipinski definition) is 1. The van der Waals surface area contributed by atoms with Gasteiger partial charge < -0.3 is 14.6 Å². The van der Waals surface area contributed by atoms with E-state index in [2.05, 4.69) is 57.0 Å². The lowest BCUT2D eigenvalue weighted by atomic mass is 9.73. The van der Waals surface area contributed by atoms with E-state index in [1.54, 1.807) is 0 Å². The Morgan fingerprint density at radius 1 is 1.15 bits per heavy atom. The van der Waals surface area contributed by atoms with Crippen molar-refractivity contribution in [3.8, 4) is 0 Å². The van der Waals surface area contributed by atoms with Gasteiger partial charge >= 0.3 is 0 Å². The van der Waals surface area contributed by atoms with Gasteiger partial charge in [0.25, 0.3) is 0 Å². The zero-order valence-corrected chi connectivity index (χ0v) is 17.2. The summed E-state index contributed by atoms with van der Waals surface area (Å²) in [6.45, 7) is 9.96. The molecule has 5 heteroatoms. The SMILES string of the molecule is CCC1(CC)CC2(CC(C)(C)N1OCCc1ccccc1)OCC(CO)O2. The van der Waals surface area contributed by atoms with Crippen LogP contribution in [0.2, 0.25) is 0 Å². The number of hydrogen-bond acceptors (Lipinski definition) is 5. The third-order valence-corrected chi connectivity index (χ3v) is 6.17. The first-order chi connectivity index (χ1) is 12.9. The van der Waals surface area contributed by atoms with Crippen LogP contribution in [0.15, 0.2) is 30.3 Å². The third-order valence-electron chi connectivity index (χ3n) is 6.17. The van der Waals surface area contributed by atoms with Gasteiger partial charge in [0, 0.05) is 18.4 Å². The van der Waals surface area contributed by atoms with E-state index in [9.17, 15) is 5.11 Å². The van der Waals surface area contributed by atoms with Gasteiger partial charge in [-0.1, -0.05) is 44.2 Å². The average molecular weight is 378 g/mol. The number of nitrogens with zero attached hydrogens (tertiary/aromatic N) is 1. The summed E-state index contributed by atoms with van der Waals surface area (Å²) < 4.78 is 12.3. The minimum Gasteiger partial charge on any atom is -0.394 e. The molecule has 3 rings (SSSR count). The maximum atomic E-state index is 9.49. The van der Waals surface area contributed by atoms with Crippen molar-refractivity contribution in [3.63, 3.8) is 0 Å². The highest BCUT2D eigenvalue weighted by Gasteiger charge is 2.59. The van der Waals surface area contributed by atoms with Crippen molar-refractivity contribution in [2.24, 2.45) is 0 Å². The van der Waals surface area contributed by atoms with E-state index in [0.29, 0.717) is 13.2 Å². The summed E-state index contributed by atoms with van der Waals surface area (Å²) in [5, 5.41) is 11.7. The monoisotopic (exact) mass is 377 g/mol. The lowest BCUT2D eigenvalue weighted by molar-refractivity contribution is -0.346. The van der Waals surface area contributed by atoms with Gasteiger partial charge in [0.05, 0.1) is 25.4 Å². The van der Waals surface area contributed by atoms with Crippen molar-refractivity contribution in [2.45, 2.75) is 82.8 Å². The van der Waals surface area contributed by atoms with E-state index in [1.165, 1.54) is 5.56 Å². The van der Waals surface area contributed by atoms with Crippen molar-refractivity contribution in [2.75, 3.05) is 19.8 Å². The second-order valence-corrected chi connectivity index (χ2v) is 8.60. The first-order valence-corrected chi connectivity index (χ1v) is 10.3. The molecule has 152 valence electrons. The second kappa shape index (κ2) is 8.18. The summed E-state index contributed by atoms with van der Waals surface area (Å²) in [5.74, 6) is -0.623. The van der Waals surface area contributed by atoms with Crippen LogP contribution in [0.3, 0.4) is 0 Å². The molecule has 0 radical (unpaired) electrons. The van der Waals surface area contributed by atoms with Gasteiger partial charge in [-0.15, -0.1) is 0 Å². The largest absolute Gasteiger partial charge is 0.394 e. The lowest BCUT2D eigenvalue weighted by Gasteiger charge is -2.58. The fourth-order valence-corrected chi connectivity index (χ4v) is 4.90. The van der Waals surface area contributed by atoms with Crippen LogP contribution in [-0.2, 0) is 20.7 Å². The number of rotatable bonds is 7. The molecule has 5 nitrogen and oxygen atoms in total. The molecule has 2 atom stereocenters. The Morgan fingerprint density at radius 3 is 2.44 bits per heavy atom. The van der Waals surface area contributed by atoms with Crippen LogP contribution in [0, 0.1) is 0 Å². The average Bonchev–Trinajstić information content (AvgIpc) is 3.05. The fourth-order valence-electron chi connectivity index (χ4n) is 4.90. The van der Waals surface area contributed by atoms with Gasteiger partial charge in [-0.2, -0.15) is 5.06 Å². The summed E-state index contributed by atoms with van der Waals surface area (Å²) in [7, 11) is 0. The van der Waals surface area contributed by atoms with Gasteiger partial charge in [-0.3, -0.25) is 4.84 Å². The Bertz CT molecular complexity index is 602. The van der Waals surface area contributed by atoms with Crippen LogP contribution < -0.4 is 0 Å². The summed E-state index contributed by atoms with van der Waals surface area (Å²) >= 11 is 0. The zero-order chi connectivity index (χ0) is 19.5. The number of piperidine rings is 1. The molecule has 0 bridgehead atoms. The first-order valence-electron chi connectivity index (χ1n) is 10.3. The van der Waals surface area contributed by atoms with Crippen LogP contribution in [0.5, 0.6) is 0 Å². The predicted molar refractivity (Wildman–Crippen MR) is 105 cm³/mol. The zero-order valence-electron chi connectivity index (χ0n) is 17.2. The van der Waals surface area contributed by atoms with E-state index in [4.69, 9.17) is 14.3 Å². The van der Waals surface area contributed by atoms with Crippen molar-refractivity contribution < 1.29 is 19.4 Å². The van der Waals surface area contributed by atoms with Crippen LogP contribution >= 0.6 is 0 Å². The Labute approximate surface area is 163 Å². The molecule has 2 fully saturated rings. The number of hydroxylamine groups is 2. The van der Waals surface area contributed by atoms with Gasteiger partial charge in [0.2, 0.25) is 0 Å². The molecule has 2 saturated heterocycles. The first kappa shape index (κ1) is 20.7. The van der Waals surface area contributed by atoms with Gasteiger partial charge in [0.1, 0.15) is 6.10 Å². The molecule has 2 aliphatic heterocycles. The summed E-state index contributed by atoms with van der Waals surface area (Å²) in [4.78, 5) is 6.43. The van der Waals surface area contributed by atoms with E-state index in [-0.39, 0.29) is 23.8 Å². The standard InChI is InChI=1S/C22H35NO4/c1-5-21(6-2)17-22(25-15-19(14-24)27-22)16-20(3,4)23(21)26-13-12-18-10-8-7-9-11-18/h7-11,19,24H,5-6,12-17H2,1-4H3. The normalized spacial score (nSPS) is 30.0. The van der Waals surface area contributed by atoms with Gasteiger partial charge in [-0.25, -0.2) is 0 Å². The smallest absolute Gasteiger partial charge is 0.172 e. The van der Waals surface area contributed by atoms with Crippen molar-refractivity contribution in [1.29, 1.82) is 0 Å². The molecule has 1 N–H and O–H groups in total. The molecular weight excluding hydrogens is 342 g/mol. The van der Waals surface area contributed by atoms with Gasteiger partial charge in [-0.05, 0) is 38.7 Å². The molecule has 2 heterocycles. The molecule has 1 aromatic rings. The molecule has 2 unspecified atom stereocenters. The summed E-state index contributed by atoms with van der Waals surface area (Å²) in [6, 6.07) is 10.5. The van der Waals surface area contributed by atoms with Crippen molar-refractivity contribution in [1.82, 2.24) is 5.06 Å². The maximum Gasteiger partial charge on any atom is 0.172 e. The molecule has 0 aliphatic carbocycles. The van der Waals surface area contributed by atoms with Crippen LogP contribution in [-0.4, -0.2) is 53.0 Å². The summed E-state index contributed by atoms with van der Waals surface area (Å²) in [6.07, 6.45) is 4.06. The molecule has 0 saturated carbocycles. The highest BCUT2D eigenvalue weighted by atomic mass is 16.8. The maximum absolute atomic E-state index is 9.49. The Morgan fingerprint density at radius 2 is 1.85 bits per heavy atom. The van der Waals surface area contributed by atoms with Crippen LogP contribution in [0.1, 0.15) is 58.9 Å². The summed E-state index contributed by atoms with van der Waals surface area (Å²) in [5.41, 5.74) is 0.907. The number of ether oxygens (including phenoxy) is 2. The molecule has 1 spiro atoms. The molecule has 2 aliphatic rings.